The number of rotatable bonds is 6. The maximum absolute atomic E-state index is 12.5. The minimum absolute atomic E-state index is 0.0775. The lowest BCUT2D eigenvalue weighted by molar-refractivity contribution is 0.0696. The van der Waals surface area contributed by atoms with E-state index in [2.05, 4.69) is 0 Å². The number of carboxylic acid groups (broad SMARTS) is 1. The van der Waals surface area contributed by atoms with Crippen LogP contribution in [0.3, 0.4) is 0 Å². The summed E-state index contributed by atoms with van der Waals surface area (Å²) in [6, 6.07) is 18.8. The van der Waals surface area contributed by atoms with E-state index < -0.39 is 5.97 Å². The average Bonchev–Trinajstić information content (AvgIpc) is 3.56. The van der Waals surface area contributed by atoms with E-state index in [9.17, 15) is 14.7 Å². The van der Waals surface area contributed by atoms with Crippen molar-refractivity contribution < 1.29 is 19.4 Å². The average molecular weight is 434 g/mol. The first-order valence-electron chi connectivity index (χ1n) is 10.2. The molecule has 1 aliphatic heterocycles. The summed E-state index contributed by atoms with van der Waals surface area (Å²) in [5, 5.41) is 9.52. The van der Waals surface area contributed by atoms with Gasteiger partial charge in [0.2, 0.25) is 0 Å². The Morgan fingerprint density at radius 3 is 2.65 bits per heavy atom. The first-order valence-corrected chi connectivity index (χ1v) is 10.6. The van der Waals surface area contributed by atoms with Gasteiger partial charge in [-0.3, -0.25) is 4.79 Å². The Hall–Kier alpha value is -3.31. The largest absolute Gasteiger partial charge is 0.489 e. The third-order valence-corrected chi connectivity index (χ3v) is 6.09. The van der Waals surface area contributed by atoms with Gasteiger partial charge in [0.05, 0.1) is 10.6 Å². The van der Waals surface area contributed by atoms with Crippen molar-refractivity contribution >= 4 is 23.5 Å². The van der Waals surface area contributed by atoms with Crippen molar-refractivity contribution in [1.82, 2.24) is 4.90 Å². The highest BCUT2D eigenvalue weighted by molar-refractivity contribution is 6.33. The van der Waals surface area contributed by atoms with Crippen LogP contribution in [0.2, 0.25) is 5.02 Å². The molecular weight excluding hydrogens is 414 g/mol. The molecule has 1 fully saturated rings. The lowest BCUT2D eigenvalue weighted by Crippen LogP contribution is -2.25. The number of benzene rings is 3. The number of hydrogen-bond acceptors (Lipinski definition) is 3. The van der Waals surface area contributed by atoms with E-state index in [4.69, 9.17) is 16.3 Å². The van der Waals surface area contributed by atoms with Crippen molar-refractivity contribution in [1.29, 1.82) is 0 Å². The number of carboxylic acids is 1. The molecule has 0 radical (unpaired) electrons. The standard InChI is InChI=1S/C25H20ClNO4/c26-23-9-4-17(12-22(23)25(29)30)16-3-1-2-15(10-16)14-31-20-7-8-21-18(11-20)13-27(24(21)28)19-5-6-19/h1-4,7-12,19H,5-6,13-14H2,(H,29,30). The molecule has 3 aromatic rings. The van der Waals surface area contributed by atoms with Crippen LogP contribution < -0.4 is 4.74 Å². The normalized spacial score (nSPS) is 15.1. The Labute approximate surface area is 184 Å². The topological polar surface area (TPSA) is 66.8 Å². The van der Waals surface area contributed by atoms with Gasteiger partial charge in [0.25, 0.3) is 5.91 Å². The molecule has 0 spiro atoms. The van der Waals surface area contributed by atoms with E-state index in [1.807, 2.05) is 47.4 Å². The molecule has 1 saturated carbocycles. The second kappa shape index (κ2) is 7.75. The summed E-state index contributed by atoms with van der Waals surface area (Å²) in [6.07, 6.45) is 2.20. The van der Waals surface area contributed by atoms with Crippen molar-refractivity contribution in [3.8, 4) is 16.9 Å². The van der Waals surface area contributed by atoms with Gasteiger partial charge in [-0.2, -0.15) is 0 Å². The molecule has 0 saturated heterocycles. The minimum atomic E-state index is -1.05. The highest BCUT2D eigenvalue weighted by Crippen LogP contribution is 2.36. The fraction of sp³-hybridized carbons (Fsp3) is 0.200. The second-order valence-corrected chi connectivity index (χ2v) is 8.38. The van der Waals surface area contributed by atoms with Gasteiger partial charge in [-0.1, -0.05) is 35.9 Å². The number of hydrogen-bond donors (Lipinski definition) is 1. The number of carbonyl (C=O) groups excluding carboxylic acids is 1. The predicted octanol–water partition coefficient (Wildman–Crippen LogP) is 5.40. The van der Waals surface area contributed by atoms with Crippen molar-refractivity contribution in [3.05, 3.63) is 87.9 Å². The monoisotopic (exact) mass is 433 g/mol. The van der Waals surface area contributed by atoms with E-state index in [-0.39, 0.29) is 16.5 Å². The number of ether oxygens (including phenoxy) is 1. The van der Waals surface area contributed by atoms with Crippen molar-refractivity contribution in [2.45, 2.75) is 32.0 Å². The SMILES string of the molecule is O=C(O)c1cc(-c2cccc(COc3ccc4c(c3)CN(C3CC3)C4=O)c2)ccc1Cl. The summed E-state index contributed by atoms with van der Waals surface area (Å²) in [5.41, 5.74) is 4.50. The van der Waals surface area contributed by atoms with E-state index in [1.54, 1.807) is 18.2 Å². The molecule has 1 amide bonds. The highest BCUT2D eigenvalue weighted by atomic mass is 35.5. The molecule has 1 N–H and O–H groups in total. The van der Waals surface area contributed by atoms with E-state index in [0.717, 1.165) is 46.4 Å². The summed E-state index contributed by atoms with van der Waals surface area (Å²) in [5.74, 6) is -0.198. The van der Waals surface area contributed by atoms with Crippen molar-refractivity contribution in [2.24, 2.45) is 0 Å². The lowest BCUT2D eigenvalue weighted by atomic mass is 10.0. The molecular formula is C25H20ClNO4. The summed E-state index contributed by atoms with van der Waals surface area (Å²) in [7, 11) is 0. The Bertz CT molecular complexity index is 1200. The van der Waals surface area contributed by atoms with Crippen LogP contribution in [0.25, 0.3) is 11.1 Å². The van der Waals surface area contributed by atoms with Crippen LogP contribution in [0, 0.1) is 0 Å². The molecule has 0 atom stereocenters. The van der Waals surface area contributed by atoms with Crippen LogP contribution in [-0.4, -0.2) is 27.9 Å². The molecule has 0 aromatic heterocycles. The maximum atomic E-state index is 12.5. The summed E-state index contributed by atoms with van der Waals surface area (Å²) < 4.78 is 5.99. The number of halogens is 1. The van der Waals surface area contributed by atoms with Crippen LogP contribution in [0.4, 0.5) is 0 Å². The molecule has 6 heteroatoms. The van der Waals surface area contributed by atoms with Gasteiger partial charge < -0.3 is 14.7 Å². The second-order valence-electron chi connectivity index (χ2n) is 7.97. The quantitative estimate of drug-likeness (QED) is 0.565. The van der Waals surface area contributed by atoms with Crippen LogP contribution in [-0.2, 0) is 13.2 Å². The molecule has 5 rings (SSSR count). The molecule has 1 heterocycles. The zero-order chi connectivity index (χ0) is 21.5. The van der Waals surface area contributed by atoms with Crippen molar-refractivity contribution in [2.75, 3.05) is 0 Å². The molecule has 1 aliphatic carbocycles. The Morgan fingerprint density at radius 2 is 1.87 bits per heavy atom. The molecule has 0 bridgehead atoms. The lowest BCUT2D eigenvalue weighted by Gasteiger charge is -2.13. The van der Waals surface area contributed by atoms with Crippen molar-refractivity contribution in [3.63, 3.8) is 0 Å². The Kier molecular flexibility index (Phi) is 4.91. The number of nitrogens with zero attached hydrogens (tertiary/aromatic N) is 1. The summed E-state index contributed by atoms with van der Waals surface area (Å²) in [4.78, 5) is 25.8. The van der Waals surface area contributed by atoms with Gasteiger partial charge in [0, 0.05) is 18.2 Å². The maximum Gasteiger partial charge on any atom is 0.337 e. The van der Waals surface area contributed by atoms with Crippen LogP contribution in [0.1, 0.15) is 44.7 Å². The van der Waals surface area contributed by atoms with Crippen LogP contribution in [0.15, 0.2) is 60.7 Å². The van der Waals surface area contributed by atoms with Crippen LogP contribution in [0.5, 0.6) is 5.75 Å². The van der Waals surface area contributed by atoms with E-state index in [1.165, 1.54) is 0 Å². The number of carbonyl (C=O) groups is 2. The smallest absolute Gasteiger partial charge is 0.337 e. The third-order valence-electron chi connectivity index (χ3n) is 5.76. The fourth-order valence-electron chi connectivity index (χ4n) is 3.97. The Morgan fingerprint density at radius 1 is 1.06 bits per heavy atom. The molecule has 156 valence electrons. The zero-order valence-electron chi connectivity index (χ0n) is 16.7. The highest BCUT2D eigenvalue weighted by Gasteiger charge is 2.38. The van der Waals surface area contributed by atoms with E-state index >= 15 is 0 Å². The van der Waals surface area contributed by atoms with E-state index in [0.29, 0.717) is 19.2 Å². The Balaban J connectivity index is 1.31. The van der Waals surface area contributed by atoms with Gasteiger partial charge >= 0.3 is 5.97 Å². The van der Waals surface area contributed by atoms with Gasteiger partial charge in [0.15, 0.2) is 0 Å². The van der Waals surface area contributed by atoms with Gasteiger partial charge in [-0.25, -0.2) is 4.79 Å². The molecule has 3 aromatic carbocycles. The third kappa shape index (κ3) is 3.89. The zero-order valence-corrected chi connectivity index (χ0v) is 17.4. The van der Waals surface area contributed by atoms with Gasteiger partial charge in [0.1, 0.15) is 12.4 Å². The molecule has 0 unspecified atom stereocenters. The van der Waals surface area contributed by atoms with Gasteiger partial charge in [-0.15, -0.1) is 0 Å². The fourth-order valence-corrected chi connectivity index (χ4v) is 4.16. The van der Waals surface area contributed by atoms with Gasteiger partial charge in [-0.05, 0) is 71.5 Å². The minimum Gasteiger partial charge on any atom is -0.489 e. The molecule has 5 nitrogen and oxygen atoms in total. The molecule has 2 aliphatic rings. The number of amides is 1. The number of aromatic carboxylic acids is 1. The predicted molar refractivity (Wildman–Crippen MR) is 118 cm³/mol. The number of fused-ring (bicyclic) bond motifs is 1. The molecule has 31 heavy (non-hydrogen) atoms. The first kappa shape index (κ1) is 19.6. The summed E-state index contributed by atoms with van der Waals surface area (Å²) >= 11 is 5.98. The van der Waals surface area contributed by atoms with Crippen LogP contribution >= 0.6 is 11.6 Å². The first-order chi connectivity index (χ1) is 15.0. The summed E-state index contributed by atoms with van der Waals surface area (Å²) in [6.45, 7) is 1.03.